The Hall–Kier alpha value is -0.520. The maximum atomic E-state index is 10.7. The zero-order valence-corrected chi connectivity index (χ0v) is 9.41. The summed E-state index contributed by atoms with van der Waals surface area (Å²) in [4.78, 5) is 17.4. The fourth-order valence-corrected chi connectivity index (χ4v) is 2.27. The molecule has 1 aromatic carbocycles. The summed E-state index contributed by atoms with van der Waals surface area (Å²) in [6.07, 6.45) is -0.326. The van der Waals surface area contributed by atoms with Crippen LogP contribution in [0.15, 0.2) is 24.3 Å². The lowest BCUT2D eigenvalue weighted by Crippen LogP contribution is -1.94. The van der Waals surface area contributed by atoms with Crippen molar-refractivity contribution in [2.75, 3.05) is 0 Å². The molecule has 0 aliphatic rings. The van der Waals surface area contributed by atoms with E-state index in [4.69, 9.17) is 9.79 Å². The smallest absolute Gasteiger partial charge is 0.329 e. The van der Waals surface area contributed by atoms with E-state index < -0.39 is 18.7 Å². The van der Waals surface area contributed by atoms with Gasteiger partial charge in [0.25, 0.3) is 0 Å². The molecule has 1 unspecified atom stereocenters. The highest BCUT2D eigenvalue weighted by Crippen LogP contribution is 2.38. The summed E-state index contributed by atoms with van der Waals surface area (Å²) in [6, 6.07) is 6.12. The fraction of sp³-hybridized carbons (Fsp3) is 0.250. The van der Waals surface area contributed by atoms with Crippen LogP contribution in [0.4, 0.5) is 0 Å². The third-order valence-electron chi connectivity index (χ3n) is 1.70. The molecule has 0 saturated carbocycles. The number of hydrogen-bond acceptors (Lipinski definition) is 3. The Morgan fingerprint density at radius 2 is 1.67 bits per heavy atom. The van der Waals surface area contributed by atoms with E-state index in [1.165, 1.54) is 12.1 Å². The first-order valence-electron chi connectivity index (χ1n) is 4.05. The minimum atomic E-state index is -4.05. The first-order valence-corrected chi connectivity index (χ1v) is 7.09. The summed E-state index contributed by atoms with van der Waals surface area (Å²) in [5.41, 5.74) is 1.08. The molecular weight excluding hydrogens is 239 g/mol. The summed E-state index contributed by atoms with van der Waals surface area (Å²) < 4.78 is 31.4. The van der Waals surface area contributed by atoms with Gasteiger partial charge in [-0.05, 0) is 11.1 Å². The first-order chi connectivity index (χ1) is 6.87. The molecule has 0 aromatic heterocycles. The summed E-state index contributed by atoms with van der Waals surface area (Å²) >= 11 is -2.15. The van der Waals surface area contributed by atoms with Crippen LogP contribution < -0.4 is 0 Å². The topological polar surface area (TPSA) is 97.7 Å². The summed E-state index contributed by atoms with van der Waals surface area (Å²) in [5, 5.41) is 0. The first kappa shape index (κ1) is 12.5. The molecule has 84 valence electrons. The molecule has 0 bridgehead atoms. The van der Waals surface area contributed by atoms with E-state index in [2.05, 4.69) is 0 Å². The minimum Gasteiger partial charge on any atom is -0.772 e. The Morgan fingerprint density at radius 3 is 2.07 bits per heavy atom. The van der Waals surface area contributed by atoms with Crippen LogP contribution in [0.3, 0.4) is 0 Å². The van der Waals surface area contributed by atoms with Crippen LogP contribution in [0.5, 0.6) is 0 Å². The minimum absolute atomic E-state index is 0.0871. The lowest BCUT2D eigenvalue weighted by atomic mass is 10.2. The van der Waals surface area contributed by atoms with E-state index in [0.29, 0.717) is 11.1 Å². The highest BCUT2D eigenvalue weighted by molar-refractivity contribution is 7.78. The van der Waals surface area contributed by atoms with Crippen molar-refractivity contribution in [1.82, 2.24) is 0 Å². The highest BCUT2D eigenvalue weighted by atomic mass is 32.2. The van der Waals surface area contributed by atoms with Gasteiger partial charge in [0.15, 0.2) is 0 Å². The van der Waals surface area contributed by atoms with Gasteiger partial charge in [0.05, 0.1) is 6.16 Å². The van der Waals surface area contributed by atoms with Crippen molar-refractivity contribution in [3.63, 3.8) is 0 Å². The zero-order valence-electron chi connectivity index (χ0n) is 7.70. The van der Waals surface area contributed by atoms with Gasteiger partial charge in [0.1, 0.15) is 0 Å². The van der Waals surface area contributed by atoms with Gasteiger partial charge in [0, 0.05) is 5.75 Å². The average molecular weight is 249 g/mol. The molecule has 0 spiro atoms. The predicted molar refractivity (Wildman–Crippen MR) is 54.8 cm³/mol. The van der Waals surface area contributed by atoms with E-state index in [9.17, 15) is 13.3 Å². The van der Waals surface area contributed by atoms with Crippen LogP contribution in [-0.2, 0) is 27.6 Å². The SMILES string of the molecule is O=S([O-])Cc1ccc(CP(=O)(O)O)cc1. The molecule has 1 aromatic rings. The average Bonchev–Trinajstić information content (AvgIpc) is 2.05. The second-order valence-corrected chi connectivity index (χ2v) is 5.63. The van der Waals surface area contributed by atoms with Crippen molar-refractivity contribution >= 4 is 18.7 Å². The molecule has 0 saturated heterocycles. The molecule has 1 rings (SSSR count). The predicted octanol–water partition coefficient (Wildman–Crippen LogP) is 0.743. The molecule has 2 N–H and O–H groups in total. The molecule has 7 heteroatoms. The van der Waals surface area contributed by atoms with E-state index in [-0.39, 0.29) is 11.9 Å². The van der Waals surface area contributed by atoms with Gasteiger partial charge >= 0.3 is 7.60 Å². The lowest BCUT2D eigenvalue weighted by molar-refractivity contribution is 0.371. The second-order valence-electron chi connectivity index (χ2n) is 3.09. The van der Waals surface area contributed by atoms with Gasteiger partial charge in [0.2, 0.25) is 0 Å². The molecule has 0 amide bonds. The molecule has 0 radical (unpaired) electrons. The summed E-state index contributed by atoms with van der Waals surface area (Å²) in [5.74, 6) is -0.0871. The number of benzene rings is 1. The molecule has 15 heavy (non-hydrogen) atoms. The second kappa shape index (κ2) is 5.01. The summed E-state index contributed by atoms with van der Waals surface area (Å²) in [6.45, 7) is 0. The number of rotatable bonds is 4. The Labute approximate surface area is 89.6 Å². The van der Waals surface area contributed by atoms with Crippen LogP contribution >= 0.6 is 7.60 Å². The molecule has 0 heterocycles. The van der Waals surface area contributed by atoms with Gasteiger partial charge in [-0.15, -0.1) is 0 Å². The standard InChI is InChI=1S/C8H11O5PS/c9-14(10,11)5-7-1-3-8(4-2-7)6-15(12)13/h1-4H,5-6H2,(H,12,13)(H2,9,10,11)/p-1. The van der Waals surface area contributed by atoms with Gasteiger partial charge in [-0.1, -0.05) is 35.3 Å². The van der Waals surface area contributed by atoms with Gasteiger partial charge in [-0.25, -0.2) is 0 Å². The van der Waals surface area contributed by atoms with Gasteiger partial charge in [-0.3, -0.25) is 8.77 Å². The quantitative estimate of drug-likeness (QED) is 0.606. The Balaban J connectivity index is 2.72. The van der Waals surface area contributed by atoms with E-state index in [1.807, 2.05) is 0 Å². The highest BCUT2D eigenvalue weighted by Gasteiger charge is 2.13. The Kier molecular flexibility index (Phi) is 4.19. The third kappa shape index (κ3) is 5.20. The van der Waals surface area contributed by atoms with Gasteiger partial charge in [-0.2, -0.15) is 0 Å². The van der Waals surface area contributed by atoms with Crippen LogP contribution in [-0.4, -0.2) is 18.5 Å². The number of hydrogen-bond donors (Lipinski definition) is 2. The molecule has 1 atom stereocenters. The van der Waals surface area contributed by atoms with Crippen LogP contribution in [0, 0.1) is 0 Å². The largest absolute Gasteiger partial charge is 0.772 e. The maximum Gasteiger partial charge on any atom is 0.329 e. The maximum absolute atomic E-state index is 10.7. The molecule has 0 fully saturated rings. The van der Waals surface area contributed by atoms with Crippen molar-refractivity contribution in [3.05, 3.63) is 35.4 Å². The van der Waals surface area contributed by atoms with Crippen LogP contribution in [0.25, 0.3) is 0 Å². The molecule has 0 aliphatic carbocycles. The van der Waals surface area contributed by atoms with Crippen molar-refractivity contribution in [1.29, 1.82) is 0 Å². The van der Waals surface area contributed by atoms with Crippen LogP contribution in [0.1, 0.15) is 11.1 Å². The van der Waals surface area contributed by atoms with E-state index in [1.54, 1.807) is 12.1 Å². The molecule has 0 aliphatic heterocycles. The van der Waals surface area contributed by atoms with E-state index >= 15 is 0 Å². The summed E-state index contributed by atoms with van der Waals surface area (Å²) in [7, 11) is -4.05. The van der Waals surface area contributed by atoms with Crippen molar-refractivity contribution in [3.8, 4) is 0 Å². The molecular formula is C8H10O5PS-. The van der Waals surface area contributed by atoms with Crippen molar-refractivity contribution < 1.29 is 23.1 Å². The monoisotopic (exact) mass is 249 g/mol. The Bertz CT molecular complexity index is 396. The van der Waals surface area contributed by atoms with E-state index in [0.717, 1.165) is 0 Å². The van der Waals surface area contributed by atoms with Gasteiger partial charge < -0.3 is 14.3 Å². The normalized spacial score (nSPS) is 13.8. The Morgan fingerprint density at radius 1 is 1.20 bits per heavy atom. The third-order valence-corrected chi connectivity index (χ3v) is 3.04. The van der Waals surface area contributed by atoms with Crippen molar-refractivity contribution in [2.45, 2.75) is 11.9 Å². The zero-order chi connectivity index (χ0) is 11.5. The van der Waals surface area contributed by atoms with Crippen molar-refractivity contribution in [2.24, 2.45) is 0 Å². The molecule has 5 nitrogen and oxygen atoms in total. The lowest BCUT2D eigenvalue weighted by Gasteiger charge is -2.07. The van der Waals surface area contributed by atoms with Crippen LogP contribution in [0.2, 0.25) is 0 Å². The fourth-order valence-electron chi connectivity index (χ4n) is 1.11.